The highest BCUT2D eigenvalue weighted by atomic mass is 35.5. The maximum atomic E-state index is 12.2. The van der Waals surface area contributed by atoms with Gasteiger partial charge in [0, 0.05) is 32.3 Å². The third-order valence-electron chi connectivity index (χ3n) is 3.42. The van der Waals surface area contributed by atoms with Gasteiger partial charge in [-0.2, -0.15) is 4.98 Å². The molecule has 4 nitrogen and oxygen atoms in total. The summed E-state index contributed by atoms with van der Waals surface area (Å²) in [5, 5.41) is 10.6. The number of benzene rings is 2. The molecule has 1 aromatic heterocycles. The Balaban J connectivity index is 2.10. The number of nitrogens with zero attached hydrogens (tertiary/aromatic N) is 1. The first-order chi connectivity index (χ1) is 11.6. The van der Waals surface area contributed by atoms with E-state index in [0.717, 1.165) is 16.8 Å². The molecular weight excluding hydrogens is 367 g/mol. The van der Waals surface area contributed by atoms with Gasteiger partial charge in [-0.05, 0) is 24.3 Å². The summed E-state index contributed by atoms with van der Waals surface area (Å²) in [5.41, 5.74) is 3.16. The van der Waals surface area contributed by atoms with Crippen molar-refractivity contribution >= 4 is 34.4 Å². The van der Waals surface area contributed by atoms with Crippen molar-refractivity contribution in [3.63, 3.8) is 0 Å². The molecule has 0 aliphatic carbocycles. The average Bonchev–Trinajstić information content (AvgIpc) is 3.02. The second-order valence-electron chi connectivity index (χ2n) is 5.05. The molecule has 1 heterocycles. The minimum absolute atomic E-state index is 0.133. The number of aromatic amines is 1. The van der Waals surface area contributed by atoms with Gasteiger partial charge < -0.3 is 9.66 Å². The van der Waals surface area contributed by atoms with Crippen molar-refractivity contribution in [1.82, 2.24) is 9.97 Å². The van der Waals surface area contributed by atoms with E-state index in [1.165, 1.54) is 0 Å². The number of hydrogen-bond acceptors (Lipinski definition) is 3. The molecule has 1 unspecified atom stereocenters. The Morgan fingerprint density at radius 3 is 2.04 bits per heavy atom. The van der Waals surface area contributed by atoms with Crippen molar-refractivity contribution in [2.24, 2.45) is 0 Å². The molecule has 1 atom stereocenters. The molecule has 124 valence electrons. The van der Waals surface area contributed by atoms with Crippen LogP contribution < -0.4 is 0 Å². The summed E-state index contributed by atoms with van der Waals surface area (Å²) in [7, 11) is 0. The van der Waals surface area contributed by atoms with E-state index in [2.05, 4.69) is 9.97 Å². The molecule has 2 N–H and O–H groups in total. The molecule has 0 saturated heterocycles. The van der Waals surface area contributed by atoms with Gasteiger partial charge in [0.05, 0.1) is 12.3 Å². The Morgan fingerprint density at radius 1 is 0.958 bits per heavy atom. The molecule has 3 rings (SSSR count). The van der Waals surface area contributed by atoms with E-state index in [1.54, 1.807) is 24.3 Å². The number of aromatic nitrogens is 2. The molecule has 3 aromatic rings. The van der Waals surface area contributed by atoms with Gasteiger partial charge >= 0.3 is 5.16 Å². The van der Waals surface area contributed by atoms with Crippen LogP contribution in [0.3, 0.4) is 0 Å². The molecule has 2 aromatic carbocycles. The van der Waals surface area contributed by atoms with Crippen LogP contribution in [0.15, 0.2) is 53.7 Å². The molecule has 0 aliphatic heterocycles. The monoisotopic (exact) mass is 380 g/mol. The van der Waals surface area contributed by atoms with Gasteiger partial charge in [0.15, 0.2) is 0 Å². The fraction of sp³-hybridized carbons (Fsp3) is 0.118. The molecule has 7 heteroatoms. The zero-order chi connectivity index (χ0) is 17.1. The van der Waals surface area contributed by atoms with E-state index in [9.17, 15) is 4.55 Å². The van der Waals surface area contributed by atoms with Crippen molar-refractivity contribution in [1.29, 1.82) is 0 Å². The van der Waals surface area contributed by atoms with Gasteiger partial charge in [-0.15, -0.1) is 0 Å². The number of aliphatic hydroxyl groups is 1. The van der Waals surface area contributed by atoms with Crippen LogP contribution in [0.1, 0.15) is 0 Å². The Kier molecular flexibility index (Phi) is 5.48. The lowest BCUT2D eigenvalue weighted by Gasteiger charge is -2.04. The van der Waals surface area contributed by atoms with Gasteiger partial charge in [-0.25, -0.2) is 0 Å². The number of hydrogen-bond donors (Lipinski definition) is 2. The Morgan fingerprint density at radius 2 is 1.50 bits per heavy atom. The van der Waals surface area contributed by atoms with Gasteiger partial charge in [-0.1, -0.05) is 47.5 Å². The highest BCUT2D eigenvalue weighted by Crippen LogP contribution is 2.32. The first-order valence-corrected chi connectivity index (χ1v) is 9.27. The predicted octanol–water partition coefficient (Wildman–Crippen LogP) is 4.15. The van der Waals surface area contributed by atoms with Crippen molar-refractivity contribution in [2.45, 2.75) is 5.16 Å². The first kappa shape index (κ1) is 17.3. The molecule has 0 aliphatic rings. The van der Waals surface area contributed by atoms with Crippen molar-refractivity contribution in [3.05, 3.63) is 58.6 Å². The van der Waals surface area contributed by atoms with E-state index >= 15 is 0 Å². The Hall–Kier alpha value is -1.50. The summed E-state index contributed by atoms with van der Waals surface area (Å²) in [6.45, 7) is -0.167. The topological polar surface area (TPSA) is 72.0 Å². The van der Waals surface area contributed by atoms with Crippen LogP contribution in [0.2, 0.25) is 10.0 Å². The zero-order valence-corrected chi connectivity index (χ0v) is 14.8. The number of aliphatic hydroxyl groups excluding tert-OH is 1. The lowest BCUT2D eigenvalue weighted by Crippen LogP contribution is -2.11. The summed E-state index contributed by atoms with van der Waals surface area (Å²) in [6, 6.07) is 14.6. The summed E-state index contributed by atoms with van der Waals surface area (Å²) < 4.78 is 12.2. The largest absolute Gasteiger partial charge is 0.609 e. The van der Waals surface area contributed by atoms with Gasteiger partial charge in [-0.3, -0.25) is 4.98 Å². The smallest absolute Gasteiger partial charge is 0.321 e. The van der Waals surface area contributed by atoms with Crippen LogP contribution in [0.25, 0.3) is 22.5 Å². The number of imidazole rings is 1. The standard InChI is InChI=1S/C17H14Cl2N2O2S/c18-13-5-1-11(2-6-13)15-16(12-3-7-14(19)8-4-12)21-17(20-15)24(23)10-9-22/h1-8,22H,9-10H2,(H,20,21). The van der Waals surface area contributed by atoms with Crippen LogP contribution in [-0.4, -0.2) is 32.0 Å². The van der Waals surface area contributed by atoms with Crippen LogP contribution in [-0.2, 0) is 11.2 Å². The molecule has 0 saturated carbocycles. The lowest BCUT2D eigenvalue weighted by molar-refractivity contribution is 0.319. The Bertz CT molecular complexity index is 757. The molecule has 0 amide bonds. The van der Waals surface area contributed by atoms with E-state index in [0.29, 0.717) is 20.9 Å². The third kappa shape index (κ3) is 3.77. The molecule has 0 fully saturated rings. The first-order valence-electron chi connectivity index (χ1n) is 7.19. The summed E-state index contributed by atoms with van der Waals surface area (Å²) in [5.74, 6) is 0.133. The summed E-state index contributed by atoms with van der Waals surface area (Å²) in [6.07, 6.45) is 0. The third-order valence-corrected chi connectivity index (χ3v) is 5.11. The summed E-state index contributed by atoms with van der Waals surface area (Å²) in [4.78, 5) is 7.60. The van der Waals surface area contributed by atoms with Crippen LogP contribution in [0, 0.1) is 0 Å². The van der Waals surface area contributed by atoms with Crippen LogP contribution >= 0.6 is 23.2 Å². The lowest BCUT2D eigenvalue weighted by atomic mass is 10.1. The van der Waals surface area contributed by atoms with Gasteiger partial charge in [0.25, 0.3) is 0 Å². The fourth-order valence-corrected chi connectivity index (χ4v) is 3.30. The normalized spacial score (nSPS) is 12.3. The minimum atomic E-state index is -1.40. The second kappa shape index (κ2) is 7.59. The number of rotatable bonds is 5. The fourth-order valence-electron chi connectivity index (χ4n) is 2.28. The van der Waals surface area contributed by atoms with Crippen molar-refractivity contribution < 1.29 is 9.66 Å². The number of H-pyrrole nitrogens is 1. The molecule has 0 spiro atoms. The highest BCUT2D eigenvalue weighted by Gasteiger charge is 2.21. The van der Waals surface area contributed by atoms with Crippen molar-refractivity contribution in [3.8, 4) is 22.5 Å². The molecular formula is C17H14Cl2N2O2S. The quantitative estimate of drug-likeness (QED) is 0.652. The maximum absolute atomic E-state index is 12.2. The molecule has 0 bridgehead atoms. The van der Waals surface area contributed by atoms with Crippen LogP contribution in [0.5, 0.6) is 0 Å². The highest BCUT2D eigenvalue weighted by molar-refractivity contribution is 7.91. The predicted molar refractivity (Wildman–Crippen MR) is 97.8 cm³/mol. The van der Waals surface area contributed by atoms with Crippen molar-refractivity contribution in [2.75, 3.05) is 12.4 Å². The van der Waals surface area contributed by atoms with E-state index in [-0.39, 0.29) is 12.4 Å². The number of halogens is 2. The van der Waals surface area contributed by atoms with E-state index < -0.39 is 11.2 Å². The van der Waals surface area contributed by atoms with E-state index in [4.69, 9.17) is 28.3 Å². The minimum Gasteiger partial charge on any atom is -0.609 e. The molecule has 24 heavy (non-hydrogen) atoms. The SMILES string of the molecule is [O-][S+](CCO)c1nc(-c2ccc(Cl)cc2)c(-c2ccc(Cl)cc2)[nH]1. The Labute approximate surface area is 152 Å². The summed E-state index contributed by atoms with van der Waals surface area (Å²) >= 11 is 10.5. The van der Waals surface area contributed by atoms with Crippen LogP contribution in [0.4, 0.5) is 0 Å². The van der Waals surface area contributed by atoms with Gasteiger partial charge in [0.2, 0.25) is 0 Å². The van der Waals surface area contributed by atoms with Gasteiger partial charge in [0.1, 0.15) is 11.4 Å². The van der Waals surface area contributed by atoms with E-state index in [1.807, 2.05) is 24.3 Å². The average molecular weight is 381 g/mol. The second-order valence-corrected chi connectivity index (χ2v) is 7.41. The maximum Gasteiger partial charge on any atom is 0.321 e. The molecule has 0 radical (unpaired) electrons. The number of nitrogens with one attached hydrogen (secondary N) is 1. The zero-order valence-electron chi connectivity index (χ0n) is 12.5.